The van der Waals surface area contributed by atoms with Crippen LogP contribution < -0.4 is 10.6 Å². The average Bonchev–Trinajstić information content (AvgIpc) is 2.57. The molecule has 7 heteroatoms. The summed E-state index contributed by atoms with van der Waals surface area (Å²) in [6.45, 7) is 0. The Balaban J connectivity index is 1.65. The van der Waals surface area contributed by atoms with E-state index in [1.165, 1.54) is 24.3 Å². The summed E-state index contributed by atoms with van der Waals surface area (Å²) in [5.41, 5.74) is 1.44. The van der Waals surface area contributed by atoms with E-state index in [0.717, 1.165) is 5.56 Å². The number of benzene rings is 2. The Morgan fingerprint density at radius 2 is 1.24 bits per heavy atom. The van der Waals surface area contributed by atoms with Crippen molar-refractivity contribution in [3.8, 4) is 17.2 Å². The Hall–Kier alpha value is -3.22. The first-order chi connectivity index (χ1) is 11.9. The topological polar surface area (TPSA) is 119 Å². The number of nitrogens with one attached hydrogen (secondary N) is 2. The number of piperazine rings is 1. The molecule has 3 rings (SSSR count). The van der Waals surface area contributed by atoms with E-state index in [1.54, 1.807) is 18.2 Å². The zero-order valence-electron chi connectivity index (χ0n) is 13.3. The summed E-state index contributed by atoms with van der Waals surface area (Å²) in [7, 11) is 0. The molecule has 0 aliphatic carbocycles. The monoisotopic (exact) mass is 342 g/mol. The van der Waals surface area contributed by atoms with Gasteiger partial charge in [0.2, 0.25) is 11.8 Å². The predicted octanol–water partition coefficient (Wildman–Crippen LogP) is 0.572. The van der Waals surface area contributed by atoms with E-state index in [2.05, 4.69) is 10.6 Å². The molecule has 2 atom stereocenters. The van der Waals surface area contributed by atoms with Crippen LogP contribution in [0.1, 0.15) is 11.1 Å². The highest BCUT2D eigenvalue weighted by molar-refractivity contribution is 5.97. The van der Waals surface area contributed by atoms with Gasteiger partial charge in [-0.2, -0.15) is 0 Å². The second-order valence-corrected chi connectivity index (χ2v) is 6.02. The van der Waals surface area contributed by atoms with Crippen molar-refractivity contribution in [2.75, 3.05) is 0 Å². The van der Waals surface area contributed by atoms with Crippen LogP contribution in [-0.4, -0.2) is 39.2 Å². The van der Waals surface area contributed by atoms with E-state index < -0.39 is 12.1 Å². The Labute approximate surface area is 143 Å². The lowest BCUT2D eigenvalue weighted by atomic mass is 9.98. The van der Waals surface area contributed by atoms with Crippen LogP contribution in [0.3, 0.4) is 0 Å². The van der Waals surface area contributed by atoms with Gasteiger partial charge in [-0.3, -0.25) is 9.59 Å². The highest BCUT2D eigenvalue weighted by Crippen LogP contribution is 2.25. The third-order valence-electron chi connectivity index (χ3n) is 4.12. The maximum atomic E-state index is 12.3. The van der Waals surface area contributed by atoms with Crippen LogP contribution in [0.4, 0.5) is 0 Å². The molecule has 0 bridgehead atoms. The quantitative estimate of drug-likeness (QED) is 0.521. The number of hydrogen-bond acceptors (Lipinski definition) is 5. The number of phenols is 3. The summed E-state index contributed by atoms with van der Waals surface area (Å²) in [5.74, 6) is -0.977. The molecule has 0 saturated carbocycles. The van der Waals surface area contributed by atoms with Crippen LogP contribution in [0.25, 0.3) is 0 Å². The van der Waals surface area contributed by atoms with E-state index >= 15 is 0 Å². The van der Waals surface area contributed by atoms with Gasteiger partial charge in [-0.1, -0.05) is 18.2 Å². The van der Waals surface area contributed by atoms with Crippen LogP contribution in [-0.2, 0) is 22.4 Å². The smallest absolute Gasteiger partial charge is 0.243 e. The molecule has 7 nitrogen and oxygen atoms in total. The van der Waals surface area contributed by atoms with Gasteiger partial charge in [0, 0.05) is 12.8 Å². The summed E-state index contributed by atoms with van der Waals surface area (Å²) in [4.78, 5) is 24.5. The first-order valence-electron chi connectivity index (χ1n) is 7.82. The fourth-order valence-corrected chi connectivity index (χ4v) is 2.76. The first kappa shape index (κ1) is 16.6. The summed E-state index contributed by atoms with van der Waals surface area (Å²) in [6.07, 6.45) is 0.530. The van der Waals surface area contributed by atoms with Crippen molar-refractivity contribution >= 4 is 11.8 Å². The van der Waals surface area contributed by atoms with E-state index in [1.807, 2.05) is 0 Å². The van der Waals surface area contributed by atoms with Crippen molar-refractivity contribution in [3.05, 3.63) is 53.6 Å². The fourth-order valence-electron chi connectivity index (χ4n) is 2.76. The lowest BCUT2D eigenvalue weighted by Crippen LogP contribution is -2.62. The van der Waals surface area contributed by atoms with Gasteiger partial charge >= 0.3 is 0 Å². The van der Waals surface area contributed by atoms with E-state index in [4.69, 9.17) is 0 Å². The number of phenolic OH excluding ortho intramolecular Hbond substituents is 3. The van der Waals surface area contributed by atoms with Gasteiger partial charge in [0.05, 0.1) is 0 Å². The van der Waals surface area contributed by atoms with Gasteiger partial charge in [0.15, 0.2) is 11.5 Å². The van der Waals surface area contributed by atoms with Gasteiger partial charge in [-0.05, 0) is 35.4 Å². The maximum absolute atomic E-state index is 12.3. The Kier molecular flexibility index (Phi) is 4.47. The zero-order chi connectivity index (χ0) is 18.0. The lowest BCUT2D eigenvalue weighted by Gasteiger charge is -2.29. The summed E-state index contributed by atoms with van der Waals surface area (Å²) < 4.78 is 0. The SMILES string of the molecule is O=C1N[C@H](Cc2ccc(O)c(O)c2)C(=O)N[C@H]1Cc1ccc(O)cc1. The third-order valence-corrected chi connectivity index (χ3v) is 4.12. The summed E-state index contributed by atoms with van der Waals surface area (Å²) in [5, 5.41) is 33.5. The van der Waals surface area contributed by atoms with Crippen molar-refractivity contribution in [2.45, 2.75) is 24.9 Å². The molecule has 0 radical (unpaired) electrons. The normalized spacial score (nSPS) is 20.0. The van der Waals surface area contributed by atoms with Gasteiger partial charge < -0.3 is 26.0 Å². The molecule has 1 fully saturated rings. The molecule has 0 spiro atoms. The summed E-state index contributed by atoms with van der Waals surface area (Å²) in [6, 6.07) is 9.29. The molecular weight excluding hydrogens is 324 g/mol. The minimum absolute atomic E-state index is 0.137. The van der Waals surface area contributed by atoms with Crippen LogP contribution >= 0.6 is 0 Å². The van der Waals surface area contributed by atoms with E-state index in [-0.39, 0.29) is 35.5 Å². The standard InChI is InChI=1S/C18H18N2O5/c21-12-4-1-10(2-5-12)7-13-17(24)20-14(18(25)19-13)8-11-3-6-15(22)16(23)9-11/h1-6,9,13-14,21-23H,7-8H2,(H,19,25)(H,20,24)/t13-,14+/m0/s1. The molecular formula is C18H18N2O5. The molecule has 1 aliphatic rings. The molecule has 1 saturated heterocycles. The van der Waals surface area contributed by atoms with Crippen LogP contribution in [0.2, 0.25) is 0 Å². The molecule has 2 aromatic carbocycles. The molecule has 1 aliphatic heterocycles. The van der Waals surface area contributed by atoms with Crippen molar-refractivity contribution < 1.29 is 24.9 Å². The number of carbonyl (C=O) groups excluding carboxylic acids is 2. The number of hydrogen-bond donors (Lipinski definition) is 5. The minimum Gasteiger partial charge on any atom is -0.508 e. The molecule has 0 aromatic heterocycles. The molecule has 25 heavy (non-hydrogen) atoms. The highest BCUT2D eigenvalue weighted by atomic mass is 16.3. The van der Waals surface area contributed by atoms with Gasteiger partial charge in [-0.15, -0.1) is 0 Å². The Morgan fingerprint density at radius 1 is 0.720 bits per heavy atom. The van der Waals surface area contributed by atoms with Crippen LogP contribution in [0.15, 0.2) is 42.5 Å². The molecule has 2 amide bonds. The van der Waals surface area contributed by atoms with Gasteiger partial charge in [0.25, 0.3) is 0 Å². The average molecular weight is 342 g/mol. The van der Waals surface area contributed by atoms with Crippen molar-refractivity contribution in [2.24, 2.45) is 0 Å². The second kappa shape index (κ2) is 6.72. The highest BCUT2D eigenvalue weighted by Gasteiger charge is 2.33. The van der Waals surface area contributed by atoms with Crippen LogP contribution in [0.5, 0.6) is 17.2 Å². The van der Waals surface area contributed by atoms with Crippen LogP contribution in [0, 0.1) is 0 Å². The van der Waals surface area contributed by atoms with Gasteiger partial charge in [-0.25, -0.2) is 0 Å². The Morgan fingerprint density at radius 3 is 1.80 bits per heavy atom. The number of aromatic hydroxyl groups is 3. The second-order valence-electron chi connectivity index (χ2n) is 6.02. The molecule has 0 unspecified atom stereocenters. The zero-order valence-corrected chi connectivity index (χ0v) is 13.3. The molecule has 2 aromatic rings. The Bertz CT molecular complexity index is 804. The van der Waals surface area contributed by atoms with E-state index in [9.17, 15) is 24.9 Å². The number of rotatable bonds is 4. The summed E-state index contributed by atoms with van der Waals surface area (Å²) >= 11 is 0. The number of amides is 2. The largest absolute Gasteiger partial charge is 0.508 e. The van der Waals surface area contributed by atoms with Crippen molar-refractivity contribution in [3.63, 3.8) is 0 Å². The van der Waals surface area contributed by atoms with E-state index in [0.29, 0.717) is 12.0 Å². The number of carbonyl (C=O) groups is 2. The third kappa shape index (κ3) is 3.82. The fraction of sp³-hybridized carbons (Fsp3) is 0.222. The van der Waals surface area contributed by atoms with Crippen molar-refractivity contribution in [1.82, 2.24) is 10.6 Å². The molecule has 130 valence electrons. The lowest BCUT2D eigenvalue weighted by molar-refractivity contribution is -0.136. The minimum atomic E-state index is -0.743. The van der Waals surface area contributed by atoms with Crippen molar-refractivity contribution in [1.29, 1.82) is 0 Å². The first-order valence-corrected chi connectivity index (χ1v) is 7.82. The molecule has 5 N–H and O–H groups in total. The van der Waals surface area contributed by atoms with Gasteiger partial charge in [0.1, 0.15) is 17.8 Å². The predicted molar refractivity (Wildman–Crippen MR) is 89.1 cm³/mol. The maximum Gasteiger partial charge on any atom is 0.243 e. The molecule has 1 heterocycles.